The molecule has 1 atom stereocenters. The average molecular weight is 305 g/mol. The molecule has 2 N–H and O–H groups in total. The first kappa shape index (κ1) is 16.8. The number of carbonyl (C=O) groups excluding carboxylic acids is 2. The van der Waals surface area contributed by atoms with E-state index in [-0.39, 0.29) is 30.2 Å². The number of nitriles is 1. The standard InChI is InChI=1S/C17H27N3O2/c18-10-11-19-17(22)15(13-6-2-1-3-7-13)12-20-16(21)14-8-4-5-9-14/h13-15H,1-9,11-12H2,(H,19,22)(H,20,21). The van der Waals surface area contributed by atoms with Gasteiger partial charge in [0.15, 0.2) is 0 Å². The normalized spacial score (nSPS) is 21.0. The zero-order chi connectivity index (χ0) is 15.8. The molecule has 0 aromatic carbocycles. The zero-order valence-corrected chi connectivity index (χ0v) is 13.3. The average Bonchev–Trinajstić information content (AvgIpc) is 3.08. The Kier molecular flexibility index (Phi) is 6.70. The van der Waals surface area contributed by atoms with E-state index in [9.17, 15) is 9.59 Å². The molecule has 2 aliphatic carbocycles. The topological polar surface area (TPSA) is 82.0 Å². The van der Waals surface area contributed by atoms with Crippen LogP contribution >= 0.6 is 0 Å². The van der Waals surface area contributed by atoms with Crippen molar-refractivity contribution in [3.8, 4) is 6.07 Å². The lowest BCUT2D eigenvalue weighted by Gasteiger charge is -2.29. The van der Waals surface area contributed by atoms with Crippen molar-refractivity contribution in [2.24, 2.45) is 17.8 Å². The number of carbonyl (C=O) groups is 2. The molecule has 2 saturated carbocycles. The van der Waals surface area contributed by atoms with Crippen LogP contribution in [0.5, 0.6) is 0 Å². The molecule has 5 heteroatoms. The van der Waals surface area contributed by atoms with E-state index in [2.05, 4.69) is 10.6 Å². The zero-order valence-electron chi connectivity index (χ0n) is 13.3. The maximum absolute atomic E-state index is 12.3. The number of rotatable bonds is 6. The lowest BCUT2D eigenvalue weighted by atomic mass is 9.79. The minimum Gasteiger partial charge on any atom is -0.355 e. The number of nitrogens with one attached hydrogen (secondary N) is 2. The summed E-state index contributed by atoms with van der Waals surface area (Å²) in [6.45, 7) is 0.454. The van der Waals surface area contributed by atoms with E-state index in [4.69, 9.17) is 5.26 Å². The van der Waals surface area contributed by atoms with Gasteiger partial charge in [-0.2, -0.15) is 5.26 Å². The maximum Gasteiger partial charge on any atom is 0.225 e. The van der Waals surface area contributed by atoms with Gasteiger partial charge in [0.1, 0.15) is 6.54 Å². The molecule has 5 nitrogen and oxygen atoms in total. The van der Waals surface area contributed by atoms with E-state index in [1.54, 1.807) is 0 Å². The van der Waals surface area contributed by atoms with Gasteiger partial charge in [0.25, 0.3) is 0 Å². The van der Waals surface area contributed by atoms with E-state index < -0.39 is 0 Å². The molecule has 0 heterocycles. The van der Waals surface area contributed by atoms with Crippen LogP contribution in [0, 0.1) is 29.1 Å². The lowest BCUT2D eigenvalue weighted by molar-refractivity contribution is -0.128. The first-order valence-electron chi connectivity index (χ1n) is 8.64. The van der Waals surface area contributed by atoms with Gasteiger partial charge in [-0.15, -0.1) is 0 Å². The predicted molar refractivity (Wildman–Crippen MR) is 83.7 cm³/mol. The van der Waals surface area contributed by atoms with E-state index in [0.717, 1.165) is 51.4 Å². The summed E-state index contributed by atoms with van der Waals surface area (Å²) in [7, 11) is 0. The van der Waals surface area contributed by atoms with Crippen molar-refractivity contribution in [1.29, 1.82) is 5.26 Å². The fraction of sp³-hybridized carbons (Fsp3) is 0.824. The third-order valence-electron chi connectivity index (χ3n) is 5.12. The van der Waals surface area contributed by atoms with Gasteiger partial charge in [-0.1, -0.05) is 32.1 Å². The highest BCUT2D eigenvalue weighted by atomic mass is 16.2. The van der Waals surface area contributed by atoms with Crippen molar-refractivity contribution >= 4 is 11.8 Å². The molecule has 1 unspecified atom stereocenters. The van der Waals surface area contributed by atoms with Gasteiger partial charge in [-0.3, -0.25) is 9.59 Å². The Bertz CT molecular complexity index is 418. The molecule has 0 saturated heterocycles. The Labute approximate surface area is 132 Å². The summed E-state index contributed by atoms with van der Waals surface area (Å²) in [5.74, 6) is 0.288. The summed E-state index contributed by atoms with van der Waals surface area (Å²) >= 11 is 0. The SMILES string of the molecule is N#CCNC(=O)C(CNC(=O)C1CCCC1)C1CCCCC1. The summed E-state index contributed by atoms with van der Waals surface area (Å²) in [5.41, 5.74) is 0. The highest BCUT2D eigenvalue weighted by Gasteiger charge is 2.31. The van der Waals surface area contributed by atoms with Gasteiger partial charge in [0, 0.05) is 12.5 Å². The van der Waals surface area contributed by atoms with Crippen molar-refractivity contribution in [3.63, 3.8) is 0 Å². The molecule has 0 aromatic rings. The number of hydrogen-bond acceptors (Lipinski definition) is 3. The Morgan fingerprint density at radius 2 is 1.64 bits per heavy atom. The van der Waals surface area contributed by atoms with Crippen molar-refractivity contribution in [2.75, 3.05) is 13.1 Å². The van der Waals surface area contributed by atoms with Crippen LogP contribution in [0.1, 0.15) is 57.8 Å². The molecule has 2 fully saturated rings. The van der Waals surface area contributed by atoms with Crippen molar-refractivity contribution < 1.29 is 9.59 Å². The summed E-state index contributed by atoms with van der Waals surface area (Å²) in [6.07, 6.45) is 9.85. The van der Waals surface area contributed by atoms with Crippen LogP contribution < -0.4 is 10.6 Å². The second-order valence-electron chi connectivity index (χ2n) is 6.61. The van der Waals surface area contributed by atoms with Crippen LogP contribution in [0.3, 0.4) is 0 Å². The second-order valence-corrected chi connectivity index (χ2v) is 6.61. The molecule has 22 heavy (non-hydrogen) atoms. The largest absolute Gasteiger partial charge is 0.355 e. The minimum absolute atomic E-state index is 0.0403. The number of hydrogen-bond donors (Lipinski definition) is 2. The van der Waals surface area contributed by atoms with Gasteiger partial charge in [0.2, 0.25) is 11.8 Å². The smallest absolute Gasteiger partial charge is 0.225 e. The number of amides is 2. The molecule has 0 bridgehead atoms. The second kappa shape index (κ2) is 8.77. The molecule has 122 valence electrons. The minimum atomic E-state index is -0.195. The Morgan fingerprint density at radius 1 is 1.00 bits per heavy atom. The summed E-state index contributed by atoms with van der Waals surface area (Å²) in [4.78, 5) is 24.5. The molecule has 2 aliphatic rings. The molecular formula is C17H27N3O2. The van der Waals surface area contributed by atoms with Crippen molar-refractivity contribution in [1.82, 2.24) is 10.6 Å². The monoisotopic (exact) mass is 305 g/mol. The van der Waals surface area contributed by atoms with Crippen LogP contribution in [0.15, 0.2) is 0 Å². The van der Waals surface area contributed by atoms with Crippen LogP contribution in [-0.2, 0) is 9.59 Å². The Morgan fingerprint density at radius 3 is 2.27 bits per heavy atom. The number of nitrogens with zero attached hydrogens (tertiary/aromatic N) is 1. The van der Waals surface area contributed by atoms with Crippen LogP contribution in [0.4, 0.5) is 0 Å². The van der Waals surface area contributed by atoms with Gasteiger partial charge >= 0.3 is 0 Å². The van der Waals surface area contributed by atoms with Crippen molar-refractivity contribution in [3.05, 3.63) is 0 Å². The fourth-order valence-corrected chi connectivity index (χ4v) is 3.81. The highest BCUT2D eigenvalue weighted by Crippen LogP contribution is 2.30. The fourth-order valence-electron chi connectivity index (χ4n) is 3.81. The molecule has 2 rings (SSSR count). The summed E-state index contributed by atoms with van der Waals surface area (Å²) in [5, 5.41) is 14.3. The van der Waals surface area contributed by atoms with Gasteiger partial charge in [0.05, 0.1) is 12.0 Å². The Balaban J connectivity index is 1.89. The molecule has 0 aliphatic heterocycles. The molecule has 2 amide bonds. The summed E-state index contributed by atoms with van der Waals surface area (Å²) in [6, 6.07) is 1.95. The molecule has 0 spiro atoms. The van der Waals surface area contributed by atoms with Crippen molar-refractivity contribution in [2.45, 2.75) is 57.8 Å². The highest BCUT2D eigenvalue weighted by molar-refractivity contribution is 5.82. The predicted octanol–water partition coefficient (Wildman–Crippen LogP) is 2.13. The third kappa shape index (κ3) is 4.72. The third-order valence-corrected chi connectivity index (χ3v) is 5.12. The lowest BCUT2D eigenvalue weighted by Crippen LogP contribution is -2.44. The quantitative estimate of drug-likeness (QED) is 0.738. The van der Waals surface area contributed by atoms with Gasteiger partial charge in [-0.05, 0) is 31.6 Å². The first-order valence-corrected chi connectivity index (χ1v) is 8.64. The molecule has 0 aromatic heterocycles. The summed E-state index contributed by atoms with van der Waals surface area (Å²) < 4.78 is 0. The van der Waals surface area contributed by atoms with Gasteiger partial charge < -0.3 is 10.6 Å². The first-order chi connectivity index (χ1) is 10.7. The van der Waals surface area contributed by atoms with Crippen LogP contribution in [0.2, 0.25) is 0 Å². The van der Waals surface area contributed by atoms with E-state index in [1.807, 2.05) is 6.07 Å². The Hall–Kier alpha value is -1.57. The van der Waals surface area contributed by atoms with Crippen LogP contribution in [0.25, 0.3) is 0 Å². The van der Waals surface area contributed by atoms with E-state index in [0.29, 0.717) is 12.5 Å². The molecule has 0 radical (unpaired) electrons. The van der Waals surface area contributed by atoms with Crippen LogP contribution in [-0.4, -0.2) is 24.9 Å². The van der Waals surface area contributed by atoms with E-state index in [1.165, 1.54) is 6.42 Å². The maximum atomic E-state index is 12.3. The molecular weight excluding hydrogens is 278 g/mol. The van der Waals surface area contributed by atoms with E-state index >= 15 is 0 Å². The van der Waals surface area contributed by atoms with Gasteiger partial charge in [-0.25, -0.2) is 0 Å².